The maximum Gasteiger partial charge on any atom is 0.335 e. The van der Waals surface area contributed by atoms with Gasteiger partial charge < -0.3 is 10.2 Å². The van der Waals surface area contributed by atoms with Crippen LogP contribution in [0.25, 0.3) is 0 Å². The van der Waals surface area contributed by atoms with E-state index in [-0.39, 0.29) is 16.7 Å². The smallest absolute Gasteiger partial charge is 0.335 e. The van der Waals surface area contributed by atoms with E-state index in [0.717, 1.165) is 0 Å². The molecule has 0 fully saturated rings. The first-order valence-corrected chi connectivity index (χ1v) is 10.0. The predicted molar refractivity (Wildman–Crippen MR) is 118 cm³/mol. The highest BCUT2D eigenvalue weighted by molar-refractivity contribution is 5.96. The Morgan fingerprint density at radius 2 is 1.43 bits per heavy atom. The minimum Gasteiger partial charge on any atom is -0.478 e. The average molecular weight is 391 g/mol. The van der Waals surface area contributed by atoms with Gasteiger partial charge in [0.15, 0.2) is 0 Å². The summed E-state index contributed by atoms with van der Waals surface area (Å²) in [5.41, 5.74) is 1.65. The van der Waals surface area contributed by atoms with Crippen molar-refractivity contribution in [3.8, 4) is 0 Å². The van der Waals surface area contributed by atoms with Crippen LogP contribution in [0.4, 0.5) is 0 Å². The first-order chi connectivity index (χ1) is 13.2. The molecule has 0 aliphatic carbocycles. The number of hydrogen-bond acceptors (Lipinski definition) is 2. The number of allylic oxidation sites excluding steroid dienone is 2. The van der Waals surface area contributed by atoms with E-state index >= 15 is 0 Å². The van der Waals surface area contributed by atoms with Crippen LogP contribution in [0.5, 0.6) is 0 Å². The summed E-state index contributed by atoms with van der Waals surface area (Å²) in [6.45, 7) is 15.5. The van der Waals surface area contributed by atoms with Gasteiger partial charge in [0.1, 0.15) is 0 Å². The molecule has 0 saturated heterocycles. The molecule has 0 radical (unpaired) electrons. The molecule has 0 aliphatic heterocycles. The molecule has 0 bridgehead atoms. The summed E-state index contributed by atoms with van der Waals surface area (Å²) in [4.78, 5) is 21.2. The van der Waals surface area contributed by atoms with Crippen molar-refractivity contribution in [2.75, 3.05) is 0 Å². The van der Waals surface area contributed by atoms with E-state index in [9.17, 15) is 9.59 Å². The zero-order valence-electron chi connectivity index (χ0n) is 18.1. The van der Waals surface area contributed by atoms with Gasteiger partial charge in [-0.05, 0) is 57.2 Å². The van der Waals surface area contributed by atoms with Crippen LogP contribution < -0.4 is 0 Å². The number of carboxylic acid groups (broad SMARTS) is 2. The molecule has 0 amide bonds. The summed E-state index contributed by atoms with van der Waals surface area (Å²) >= 11 is 0. The van der Waals surface area contributed by atoms with Gasteiger partial charge in [0, 0.05) is 0 Å². The molecular formula is C24H38O4. The second-order valence-corrected chi connectivity index (χ2v) is 6.79. The maximum atomic E-state index is 10.6. The van der Waals surface area contributed by atoms with Crippen molar-refractivity contribution in [3.05, 3.63) is 59.7 Å². The topological polar surface area (TPSA) is 74.6 Å². The van der Waals surface area contributed by atoms with E-state index in [4.69, 9.17) is 10.2 Å². The summed E-state index contributed by atoms with van der Waals surface area (Å²) in [5, 5.41) is 17.4. The molecule has 158 valence electrons. The highest BCUT2D eigenvalue weighted by Gasteiger charge is 2.13. The van der Waals surface area contributed by atoms with Gasteiger partial charge >= 0.3 is 11.9 Å². The Hall–Kier alpha value is -2.36. The lowest BCUT2D eigenvalue weighted by Gasteiger charge is -2.03. The Labute approximate surface area is 171 Å². The SMILES string of the molecule is C=C(C)CCCCC.C=CCCCCC.Cc1c(C(=O)O)cccc1C(=O)O. The van der Waals surface area contributed by atoms with Gasteiger partial charge in [-0.3, -0.25) is 0 Å². The van der Waals surface area contributed by atoms with Crippen LogP contribution in [0.1, 0.15) is 98.4 Å². The third-order valence-corrected chi connectivity index (χ3v) is 4.01. The summed E-state index contributed by atoms with van der Waals surface area (Å²) in [6, 6.07) is 4.17. The van der Waals surface area contributed by atoms with Crippen LogP contribution in [0.2, 0.25) is 0 Å². The monoisotopic (exact) mass is 390 g/mol. The number of aromatic carboxylic acids is 2. The highest BCUT2D eigenvalue weighted by Crippen LogP contribution is 2.13. The summed E-state index contributed by atoms with van der Waals surface area (Å²) in [7, 11) is 0. The van der Waals surface area contributed by atoms with Crippen LogP contribution in [0, 0.1) is 6.92 Å². The van der Waals surface area contributed by atoms with Crippen molar-refractivity contribution in [3.63, 3.8) is 0 Å². The van der Waals surface area contributed by atoms with Gasteiger partial charge in [-0.15, -0.1) is 13.2 Å². The number of hydrogen-bond donors (Lipinski definition) is 2. The van der Waals surface area contributed by atoms with E-state index in [1.54, 1.807) is 0 Å². The van der Waals surface area contributed by atoms with Gasteiger partial charge in [0.25, 0.3) is 0 Å². The third-order valence-electron chi connectivity index (χ3n) is 4.01. The lowest BCUT2D eigenvalue weighted by atomic mass is 10.0. The number of unbranched alkanes of at least 4 members (excludes halogenated alkanes) is 5. The second-order valence-electron chi connectivity index (χ2n) is 6.79. The molecule has 0 atom stereocenters. The molecule has 0 heterocycles. The quantitative estimate of drug-likeness (QED) is 0.325. The number of benzene rings is 1. The molecule has 4 heteroatoms. The molecule has 4 nitrogen and oxygen atoms in total. The number of carbonyl (C=O) groups is 2. The molecular weight excluding hydrogens is 352 g/mol. The largest absolute Gasteiger partial charge is 0.478 e. The minimum atomic E-state index is -1.11. The van der Waals surface area contributed by atoms with E-state index in [2.05, 4.69) is 33.9 Å². The molecule has 0 unspecified atom stereocenters. The van der Waals surface area contributed by atoms with Crippen LogP contribution in [0.15, 0.2) is 43.0 Å². The van der Waals surface area contributed by atoms with Gasteiger partial charge in [-0.2, -0.15) is 0 Å². The van der Waals surface area contributed by atoms with Gasteiger partial charge in [-0.1, -0.05) is 57.2 Å². The molecule has 0 aliphatic rings. The van der Waals surface area contributed by atoms with E-state index < -0.39 is 11.9 Å². The normalized spacial score (nSPS) is 9.29. The second kappa shape index (κ2) is 18.0. The maximum absolute atomic E-state index is 10.6. The Bertz CT molecular complexity index is 570. The van der Waals surface area contributed by atoms with Crippen LogP contribution in [-0.2, 0) is 0 Å². The first-order valence-electron chi connectivity index (χ1n) is 10.0. The van der Waals surface area contributed by atoms with E-state index in [1.165, 1.54) is 82.1 Å². The van der Waals surface area contributed by atoms with Crippen molar-refractivity contribution in [2.45, 2.75) is 79.1 Å². The fourth-order valence-corrected chi connectivity index (χ4v) is 2.31. The molecule has 1 rings (SSSR count). The third kappa shape index (κ3) is 14.8. The minimum absolute atomic E-state index is 0.0277. The first kappa shape index (κ1) is 27.9. The lowest BCUT2D eigenvalue weighted by molar-refractivity contribution is 0.0696. The molecule has 0 saturated carbocycles. The van der Waals surface area contributed by atoms with Crippen LogP contribution in [-0.4, -0.2) is 22.2 Å². The fourth-order valence-electron chi connectivity index (χ4n) is 2.31. The molecule has 1 aromatic rings. The van der Waals surface area contributed by atoms with Crippen LogP contribution in [0.3, 0.4) is 0 Å². The van der Waals surface area contributed by atoms with Crippen molar-refractivity contribution in [1.29, 1.82) is 0 Å². The standard InChI is InChI=1S/C9H8O4.C8H16.C7H14/c1-5-6(8(10)11)3-2-4-7(5)9(12)13;1-4-5-6-7-8(2)3;1-3-5-7-6-4-2/h2-4H,1H3,(H,10,11)(H,12,13);2,4-7H2,1,3H3;3H,1,4-7H2,2H3. The Morgan fingerprint density at radius 1 is 0.964 bits per heavy atom. The molecule has 0 aromatic heterocycles. The summed E-state index contributed by atoms with van der Waals surface area (Å²) < 4.78 is 0. The van der Waals surface area contributed by atoms with Crippen LogP contribution >= 0.6 is 0 Å². The van der Waals surface area contributed by atoms with E-state index in [1.807, 2.05) is 6.08 Å². The molecule has 2 N–H and O–H groups in total. The van der Waals surface area contributed by atoms with Gasteiger partial charge in [-0.25, -0.2) is 9.59 Å². The Kier molecular flexibility index (Phi) is 17.9. The van der Waals surface area contributed by atoms with Crippen molar-refractivity contribution >= 4 is 11.9 Å². The fraction of sp³-hybridized carbons (Fsp3) is 0.500. The van der Waals surface area contributed by atoms with E-state index in [0.29, 0.717) is 0 Å². The summed E-state index contributed by atoms with van der Waals surface area (Å²) in [5.74, 6) is -2.22. The van der Waals surface area contributed by atoms with Crippen molar-refractivity contribution < 1.29 is 19.8 Å². The van der Waals surface area contributed by atoms with Crippen molar-refractivity contribution in [2.24, 2.45) is 0 Å². The van der Waals surface area contributed by atoms with Crippen molar-refractivity contribution in [1.82, 2.24) is 0 Å². The zero-order chi connectivity index (χ0) is 21.9. The summed E-state index contributed by atoms with van der Waals surface area (Å²) in [6.07, 6.45) is 12.4. The Balaban J connectivity index is 0. The highest BCUT2D eigenvalue weighted by atomic mass is 16.4. The zero-order valence-corrected chi connectivity index (χ0v) is 18.1. The molecule has 0 spiro atoms. The molecule has 1 aromatic carbocycles. The van der Waals surface area contributed by atoms with Gasteiger partial charge in [0.2, 0.25) is 0 Å². The average Bonchev–Trinajstić information content (AvgIpc) is 2.63. The molecule has 28 heavy (non-hydrogen) atoms. The van der Waals surface area contributed by atoms with Gasteiger partial charge in [0.05, 0.1) is 11.1 Å². The number of rotatable bonds is 10. The Morgan fingerprint density at radius 3 is 1.79 bits per heavy atom. The lowest BCUT2D eigenvalue weighted by Crippen LogP contribution is -2.06. The predicted octanol–water partition coefficient (Wildman–Crippen LogP) is 7.29. The number of carboxylic acids is 2.